The Morgan fingerprint density at radius 3 is 3.04 bits per heavy atom. The molecule has 0 radical (unpaired) electrons. The molecule has 0 N–H and O–H groups in total. The first-order chi connectivity index (χ1) is 11.6. The first-order valence-corrected chi connectivity index (χ1v) is 8.91. The van der Waals surface area contributed by atoms with Crippen molar-refractivity contribution in [3.05, 3.63) is 58.6 Å². The van der Waals surface area contributed by atoms with E-state index in [1.54, 1.807) is 7.11 Å². The van der Waals surface area contributed by atoms with Gasteiger partial charge in [0.2, 0.25) is 5.91 Å². The van der Waals surface area contributed by atoms with Gasteiger partial charge in [-0.1, -0.05) is 12.6 Å². The van der Waals surface area contributed by atoms with Crippen LogP contribution in [0.25, 0.3) is 0 Å². The Morgan fingerprint density at radius 2 is 2.38 bits per heavy atom. The van der Waals surface area contributed by atoms with Crippen molar-refractivity contribution in [2.45, 2.75) is 38.8 Å². The second kappa shape index (κ2) is 7.18. The topological polar surface area (TPSA) is 42.4 Å². The van der Waals surface area contributed by atoms with Gasteiger partial charge in [0.05, 0.1) is 19.7 Å². The summed E-state index contributed by atoms with van der Waals surface area (Å²) >= 11 is 1.46. The molecule has 1 aliphatic carbocycles. The fourth-order valence-corrected chi connectivity index (χ4v) is 4.03. The summed E-state index contributed by atoms with van der Waals surface area (Å²) in [5.74, 6) is 0.839. The highest BCUT2D eigenvalue weighted by molar-refractivity contribution is 7.05. The lowest BCUT2D eigenvalue weighted by molar-refractivity contribution is -0.129. The average Bonchev–Trinajstić information content (AvgIpc) is 3.02. The molecule has 5 heteroatoms. The number of aryl methyl sites for hydroxylation is 2. The molecule has 0 spiro atoms. The molecule has 1 aliphatic rings. The summed E-state index contributed by atoms with van der Waals surface area (Å²) in [6, 6.07) is 6.24. The van der Waals surface area contributed by atoms with E-state index in [0.717, 1.165) is 35.5 Å². The van der Waals surface area contributed by atoms with Crippen molar-refractivity contribution in [1.82, 2.24) is 9.27 Å². The minimum absolute atomic E-state index is 0.0310. The molecule has 0 saturated carbocycles. The summed E-state index contributed by atoms with van der Waals surface area (Å²) in [6.45, 7) is 6.31. The second-order valence-electron chi connectivity index (χ2n) is 6.08. The third-order valence-electron chi connectivity index (χ3n) is 4.63. The van der Waals surface area contributed by atoms with Crippen molar-refractivity contribution in [3.8, 4) is 5.75 Å². The average molecular weight is 342 g/mol. The molecule has 1 amide bonds. The summed E-state index contributed by atoms with van der Waals surface area (Å²) < 4.78 is 9.58. The van der Waals surface area contributed by atoms with Crippen molar-refractivity contribution in [3.63, 3.8) is 0 Å². The van der Waals surface area contributed by atoms with Crippen LogP contribution in [-0.2, 0) is 17.8 Å². The van der Waals surface area contributed by atoms with E-state index in [1.165, 1.54) is 28.7 Å². The Hall–Kier alpha value is -2.14. The number of aromatic nitrogens is 1. The van der Waals surface area contributed by atoms with Crippen LogP contribution in [0, 0.1) is 6.92 Å². The number of fused-ring (bicyclic) bond motifs is 1. The van der Waals surface area contributed by atoms with Crippen molar-refractivity contribution < 1.29 is 9.53 Å². The molecule has 0 aliphatic heterocycles. The molecular formula is C19H22N2O2S. The van der Waals surface area contributed by atoms with Gasteiger partial charge in [-0.2, -0.15) is 0 Å². The molecule has 126 valence electrons. The largest absolute Gasteiger partial charge is 0.497 e. The Balaban J connectivity index is 1.96. The molecule has 3 rings (SSSR count). The van der Waals surface area contributed by atoms with Crippen molar-refractivity contribution in [2.24, 2.45) is 0 Å². The highest BCUT2D eigenvalue weighted by atomic mass is 32.1. The normalized spacial score (nSPS) is 16.3. The standard InChI is InChI=1S/C19H22N2O2S/c1-4-19(22)21(12-18-13(2)11-20-24-18)17-7-5-6-14-10-15(23-3)8-9-16(14)17/h4,8-11,17H,1,5-7,12H2,2-3H3. The number of methoxy groups -OCH3 is 1. The quantitative estimate of drug-likeness (QED) is 0.770. The first kappa shape index (κ1) is 16.7. The summed E-state index contributed by atoms with van der Waals surface area (Å²) in [6.07, 6.45) is 6.33. The van der Waals surface area contributed by atoms with Gasteiger partial charge in [0.25, 0.3) is 0 Å². The Kier molecular flexibility index (Phi) is 5.00. The monoisotopic (exact) mass is 342 g/mol. The maximum absolute atomic E-state index is 12.5. The molecule has 1 heterocycles. The molecule has 1 aromatic heterocycles. The van der Waals surface area contributed by atoms with E-state index in [-0.39, 0.29) is 11.9 Å². The van der Waals surface area contributed by atoms with Gasteiger partial charge in [0.1, 0.15) is 5.75 Å². The lowest BCUT2D eigenvalue weighted by Gasteiger charge is -2.35. The molecule has 1 unspecified atom stereocenters. The third kappa shape index (κ3) is 3.22. The van der Waals surface area contributed by atoms with Crippen LogP contribution in [0.4, 0.5) is 0 Å². The molecule has 1 aromatic carbocycles. The Morgan fingerprint density at radius 1 is 1.54 bits per heavy atom. The number of carbonyl (C=O) groups is 1. The smallest absolute Gasteiger partial charge is 0.246 e. The zero-order valence-corrected chi connectivity index (χ0v) is 14.9. The van der Waals surface area contributed by atoms with Gasteiger partial charge in [0.15, 0.2) is 0 Å². The maximum atomic E-state index is 12.5. The molecule has 0 saturated heterocycles. The molecule has 0 bridgehead atoms. The lowest BCUT2D eigenvalue weighted by Crippen LogP contribution is -2.35. The third-order valence-corrected chi connectivity index (χ3v) is 5.51. The molecule has 24 heavy (non-hydrogen) atoms. The highest BCUT2D eigenvalue weighted by Crippen LogP contribution is 2.37. The SMILES string of the molecule is C=CC(=O)N(Cc1sncc1C)C1CCCc2cc(OC)ccc21. The fraction of sp³-hybridized carbons (Fsp3) is 0.368. The van der Waals surface area contributed by atoms with Crippen LogP contribution in [0.2, 0.25) is 0 Å². The number of ether oxygens (including phenoxy) is 1. The van der Waals surface area contributed by atoms with Gasteiger partial charge in [0, 0.05) is 11.1 Å². The second-order valence-corrected chi connectivity index (χ2v) is 6.96. The predicted octanol–water partition coefficient (Wildman–Crippen LogP) is 4.05. The number of benzene rings is 1. The first-order valence-electron chi connectivity index (χ1n) is 8.14. The van der Waals surface area contributed by atoms with Gasteiger partial charge < -0.3 is 9.64 Å². The van der Waals surface area contributed by atoms with Crippen molar-refractivity contribution >= 4 is 17.4 Å². The van der Waals surface area contributed by atoms with Crippen molar-refractivity contribution in [1.29, 1.82) is 0 Å². The molecule has 1 atom stereocenters. The lowest BCUT2D eigenvalue weighted by atomic mass is 9.86. The van der Waals surface area contributed by atoms with Crippen LogP contribution in [0.1, 0.15) is 40.5 Å². The Bertz CT molecular complexity index is 754. The van der Waals surface area contributed by atoms with E-state index in [1.807, 2.05) is 24.1 Å². The van der Waals surface area contributed by atoms with Gasteiger partial charge in [-0.05, 0) is 72.6 Å². The number of hydrogen-bond donors (Lipinski definition) is 0. The minimum atomic E-state index is -0.0310. The van der Waals surface area contributed by atoms with Crippen LogP contribution < -0.4 is 4.74 Å². The predicted molar refractivity (Wildman–Crippen MR) is 96.3 cm³/mol. The number of hydrogen-bond acceptors (Lipinski definition) is 4. The summed E-state index contributed by atoms with van der Waals surface area (Å²) in [5.41, 5.74) is 3.63. The zero-order valence-electron chi connectivity index (χ0n) is 14.1. The van der Waals surface area contributed by atoms with E-state index in [9.17, 15) is 4.79 Å². The number of rotatable bonds is 5. The van der Waals surface area contributed by atoms with E-state index < -0.39 is 0 Å². The highest BCUT2D eigenvalue weighted by Gasteiger charge is 2.29. The van der Waals surface area contributed by atoms with E-state index >= 15 is 0 Å². The summed E-state index contributed by atoms with van der Waals surface area (Å²) in [7, 11) is 1.68. The number of nitrogens with zero attached hydrogens (tertiary/aromatic N) is 2. The van der Waals surface area contributed by atoms with Crippen molar-refractivity contribution in [2.75, 3.05) is 7.11 Å². The summed E-state index contributed by atoms with van der Waals surface area (Å²) in [4.78, 5) is 15.6. The van der Waals surface area contributed by atoms with Crippen LogP contribution in [-0.4, -0.2) is 22.3 Å². The van der Waals surface area contributed by atoms with E-state index in [2.05, 4.69) is 23.1 Å². The molecule has 2 aromatic rings. The molecule has 4 nitrogen and oxygen atoms in total. The van der Waals surface area contributed by atoms with E-state index in [4.69, 9.17) is 4.74 Å². The minimum Gasteiger partial charge on any atom is -0.497 e. The van der Waals surface area contributed by atoms with Crippen LogP contribution in [0.5, 0.6) is 5.75 Å². The van der Waals surface area contributed by atoms with Gasteiger partial charge >= 0.3 is 0 Å². The fourth-order valence-electron chi connectivity index (χ4n) is 3.30. The number of amides is 1. The van der Waals surface area contributed by atoms with Crippen LogP contribution in [0.15, 0.2) is 37.1 Å². The van der Waals surface area contributed by atoms with Crippen LogP contribution >= 0.6 is 11.5 Å². The van der Waals surface area contributed by atoms with Gasteiger partial charge in [-0.25, -0.2) is 4.37 Å². The number of carbonyl (C=O) groups excluding carboxylic acids is 1. The Labute approximate surface area is 146 Å². The van der Waals surface area contributed by atoms with E-state index in [0.29, 0.717) is 6.54 Å². The van der Waals surface area contributed by atoms with Crippen LogP contribution in [0.3, 0.4) is 0 Å². The zero-order chi connectivity index (χ0) is 17.1. The summed E-state index contributed by atoms with van der Waals surface area (Å²) in [5, 5.41) is 0. The molecular weight excluding hydrogens is 320 g/mol. The molecule has 0 fully saturated rings. The van der Waals surface area contributed by atoms with Gasteiger partial charge in [-0.3, -0.25) is 4.79 Å². The maximum Gasteiger partial charge on any atom is 0.246 e. The van der Waals surface area contributed by atoms with Gasteiger partial charge in [-0.15, -0.1) is 0 Å².